The Labute approximate surface area is 191 Å². The van der Waals surface area contributed by atoms with E-state index in [1.165, 1.54) is 0 Å². The van der Waals surface area contributed by atoms with Crippen molar-refractivity contribution in [2.24, 2.45) is 5.92 Å². The van der Waals surface area contributed by atoms with E-state index in [0.29, 0.717) is 66.0 Å². The van der Waals surface area contributed by atoms with Crippen LogP contribution in [-0.2, 0) is 11.2 Å². The van der Waals surface area contributed by atoms with E-state index in [4.69, 9.17) is 33.2 Å². The summed E-state index contributed by atoms with van der Waals surface area (Å²) in [5.41, 5.74) is 1.29. The van der Waals surface area contributed by atoms with E-state index in [1.807, 2.05) is 10.0 Å². The van der Waals surface area contributed by atoms with Crippen molar-refractivity contribution in [1.82, 2.24) is 10.0 Å². The summed E-state index contributed by atoms with van der Waals surface area (Å²) in [6.07, 6.45) is 2.32. The maximum Gasteiger partial charge on any atom is 0.240 e. The highest BCUT2D eigenvalue weighted by Crippen LogP contribution is 2.36. The maximum absolute atomic E-state index is 13.0. The molecule has 2 aromatic rings. The molecule has 2 aromatic carbocycles. The van der Waals surface area contributed by atoms with Gasteiger partial charge in [0.05, 0.1) is 17.7 Å². The summed E-state index contributed by atoms with van der Waals surface area (Å²) in [5.74, 6) is 0.982. The number of carbonyl (C=O) groups excluding carboxylic acids is 1. The highest BCUT2D eigenvalue weighted by molar-refractivity contribution is 6.36. The van der Waals surface area contributed by atoms with E-state index in [9.17, 15) is 9.90 Å². The molecule has 0 aliphatic carbocycles. The molecular weight excluding hydrogens is 437 g/mol. The molecule has 31 heavy (non-hydrogen) atoms. The molecule has 2 saturated heterocycles. The minimum atomic E-state index is -0.271. The zero-order valence-electron chi connectivity index (χ0n) is 16.9. The molecule has 0 spiro atoms. The number of rotatable bonds is 5. The van der Waals surface area contributed by atoms with Gasteiger partial charge in [0.1, 0.15) is 11.5 Å². The van der Waals surface area contributed by atoms with Gasteiger partial charge >= 0.3 is 0 Å². The molecule has 4 rings (SSSR count). The molecule has 162 valence electrons. The van der Waals surface area contributed by atoms with Crippen molar-refractivity contribution in [3.05, 3.63) is 57.6 Å². The number of hydrogen-bond acceptors (Lipinski definition) is 5. The van der Waals surface area contributed by atoms with E-state index in [1.54, 1.807) is 36.4 Å². The second-order valence-electron chi connectivity index (χ2n) is 7.94. The summed E-state index contributed by atoms with van der Waals surface area (Å²) in [6.45, 7) is 2.07. The van der Waals surface area contributed by atoms with E-state index in [0.717, 1.165) is 12.0 Å². The molecule has 0 radical (unpaired) electrons. The molecular formula is C23H23Cl2N3O3. The van der Waals surface area contributed by atoms with Crippen LogP contribution in [-0.4, -0.2) is 46.8 Å². The predicted octanol–water partition coefficient (Wildman–Crippen LogP) is 4.42. The number of hydrazine groups is 1. The number of ether oxygens (including phenoxy) is 1. The summed E-state index contributed by atoms with van der Waals surface area (Å²) >= 11 is 13.0. The van der Waals surface area contributed by atoms with E-state index < -0.39 is 0 Å². The predicted molar refractivity (Wildman–Crippen MR) is 118 cm³/mol. The molecule has 1 unspecified atom stereocenters. The van der Waals surface area contributed by atoms with Gasteiger partial charge in [0.2, 0.25) is 5.91 Å². The molecule has 2 aliphatic rings. The number of carbonyl (C=O) groups is 1. The first-order chi connectivity index (χ1) is 14.9. The van der Waals surface area contributed by atoms with Crippen LogP contribution >= 0.6 is 23.2 Å². The Balaban J connectivity index is 1.43. The second-order valence-corrected chi connectivity index (χ2v) is 8.75. The summed E-state index contributed by atoms with van der Waals surface area (Å²) < 4.78 is 5.81. The Morgan fingerprint density at radius 3 is 2.29 bits per heavy atom. The molecule has 0 bridgehead atoms. The van der Waals surface area contributed by atoms with Crippen LogP contribution in [0.1, 0.15) is 30.4 Å². The van der Waals surface area contributed by atoms with Gasteiger partial charge in [-0.05, 0) is 67.6 Å². The van der Waals surface area contributed by atoms with Crippen LogP contribution in [0.2, 0.25) is 10.0 Å². The quantitative estimate of drug-likeness (QED) is 0.715. The fourth-order valence-corrected chi connectivity index (χ4v) is 4.72. The lowest BCUT2D eigenvalue weighted by molar-refractivity contribution is -0.149. The Hall–Kier alpha value is -2.30. The largest absolute Gasteiger partial charge is 0.457 e. The number of nitrogens with zero attached hydrogens (tertiary/aromatic N) is 3. The lowest BCUT2D eigenvalue weighted by Gasteiger charge is -2.36. The highest BCUT2D eigenvalue weighted by atomic mass is 35.5. The van der Waals surface area contributed by atoms with E-state index in [-0.39, 0.29) is 17.9 Å². The van der Waals surface area contributed by atoms with Crippen LogP contribution in [0.3, 0.4) is 0 Å². The molecule has 6 nitrogen and oxygen atoms in total. The van der Waals surface area contributed by atoms with Crippen molar-refractivity contribution in [2.45, 2.75) is 31.8 Å². The van der Waals surface area contributed by atoms with Crippen LogP contribution in [0, 0.1) is 17.2 Å². The van der Waals surface area contributed by atoms with Gasteiger partial charge in [-0.15, -0.1) is 0 Å². The standard InChI is InChI=1S/C23H23Cl2N3O3/c24-21-12-19(31-18-3-1-15(14-26)2-4-18)13-22(25)20(21)11-16-5-10-28(23(16)30)27-8-6-17(29)7-9-27/h1-4,12-13,16-17,29H,5-11H2. The van der Waals surface area contributed by atoms with Crippen LogP contribution in [0.5, 0.6) is 11.5 Å². The molecule has 1 amide bonds. The number of benzene rings is 2. The van der Waals surface area contributed by atoms with Gasteiger partial charge in [-0.1, -0.05) is 23.2 Å². The molecule has 0 aromatic heterocycles. The summed E-state index contributed by atoms with van der Waals surface area (Å²) in [6, 6.07) is 12.2. The fourth-order valence-electron chi connectivity index (χ4n) is 4.10. The van der Waals surface area contributed by atoms with Gasteiger partial charge < -0.3 is 9.84 Å². The van der Waals surface area contributed by atoms with Crippen molar-refractivity contribution >= 4 is 29.1 Å². The topological polar surface area (TPSA) is 76.8 Å². The molecule has 1 atom stereocenters. The molecule has 0 saturated carbocycles. The maximum atomic E-state index is 13.0. The van der Waals surface area contributed by atoms with Crippen LogP contribution in [0.15, 0.2) is 36.4 Å². The number of aliphatic hydroxyl groups is 1. The Morgan fingerprint density at radius 1 is 1.03 bits per heavy atom. The third kappa shape index (κ3) is 4.97. The van der Waals surface area contributed by atoms with Crippen LogP contribution < -0.4 is 4.74 Å². The molecule has 1 N–H and O–H groups in total. The zero-order valence-corrected chi connectivity index (χ0v) is 18.4. The molecule has 2 heterocycles. The smallest absolute Gasteiger partial charge is 0.240 e. The monoisotopic (exact) mass is 459 g/mol. The first kappa shape index (κ1) is 21.9. The number of aliphatic hydroxyl groups excluding tert-OH is 1. The lowest BCUT2D eigenvalue weighted by Crippen LogP contribution is -2.49. The number of halogens is 2. The Morgan fingerprint density at radius 2 is 1.68 bits per heavy atom. The van der Waals surface area contributed by atoms with E-state index in [2.05, 4.69) is 6.07 Å². The average molecular weight is 460 g/mol. The van der Waals surface area contributed by atoms with Crippen molar-refractivity contribution in [3.63, 3.8) is 0 Å². The SMILES string of the molecule is N#Cc1ccc(Oc2cc(Cl)c(CC3CCN(N4CCC(O)CC4)C3=O)c(Cl)c2)cc1. The van der Waals surface area contributed by atoms with Gasteiger partial charge in [0.15, 0.2) is 0 Å². The zero-order chi connectivity index (χ0) is 22.0. The van der Waals surface area contributed by atoms with Gasteiger partial charge in [0, 0.05) is 35.6 Å². The lowest BCUT2D eigenvalue weighted by atomic mass is 9.98. The van der Waals surface area contributed by atoms with E-state index >= 15 is 0 Å². The summed E-state index contributed by atoms with van der Waals surface area (Å²) in [4.78, 5) is 13.0. The summed E-state index contributed by atoms with van der Waals surface area (Å²) in [7, 11) is 0. The van der Waals surface area contributed by atoms with Gasteiger partial charge in [-0.3, -0.25) is 9.80 Å². The fraction of sp³-hybridized carbons (Fsp3) is 0.391. The van der Waals surface area contributed by atoms with Crippen molar-refractivity contribution in [1.29, 1.82) is 5.26 Å². The molecule has 8 heteroatoms. The van der Waals surface area contributed by atoms with Crippen molar-refractivity contribution < 1.29 is 14.6 Å². The number of nitriles is 1. The third-order valence-corrected chi connectivity index (χ3v) is 6.53. The van der Waals surface area contributed by atoms with Crippen molar-refractivity contribution in [3.8, 4) is 17.6 Å². The Kier molecular flexibility index (Phi) is 6.68. The van der Waals surface area contributed by atoms with Crippen LogP contribution in [0.25, 0.3) is 0 Å². The third-order valence-electron chi connectivity index (χ3n) is 5.86. The second kappa shape index (κ2) is 9.46. The van der Waals surface area contributed by atoms with Crippen molar-refractivity contribution in [2.75, 3.05) is 19.6 Å². The first-order valence-corrected chi connectivity index (χ1v) is 11.1. The molecule has 2 aliphatic heterocycles. The van der Waals surface area contributed by atoms with Crippen LogP contribution in [0.4, 0.5) is 0 Å². The summed E-state index contributed by atoms with van der Waals surface area (Å²) in [5, 5.41) is 23.4. The Bertz CT molecular complexity index is 975. The normalized spacial score (nSPS) is 20.1. The number of piperidine rings is 1. The number of hydrogen-bond donors (Lipinski definition) is 1. The van der Waals surface area contributed by atoms with Gasteiger partial charge in [-0.2, -0.15) is 5.26 Å². The van der Waals surface area contributed by atoms with Gasteiger partial charge in [0.25, 0.3) is 0 Å². The minimum absolute atomic E-state index is 0.0847. The average Bonchev–Trinajstić information content (AvgIpc) is 3.12. The highest BCUT2D eigenvalue weighted by Gasteiger charge is 2.37. The first-order valence-electron chi connectivity index (χ1n) is 10.3. The minimum Gasteiger partial charge on any atom is -0.457 e. The number of amides is 1. The molecule has 2 fully saturated rings. The van der Waals surface area contributed by atoms with Gasteiger partial charge in [-0.25, -0.2) is 5.01 Å².